The van der Waals surface area contributed by atoms with Crippen LogP contribution in [0.1, 0.15) is 5.82 Å². The molecule has 0 spiro atoms. The van der Waals surface area contributed by atoms with Crippen LogP contribution in [0.3, 0.4) is 0 Å². The maximum Gasteiger partial charge on any atom is 0.164 e. The first-order chi connectivity index (χ1) is 10.4. The molecule has 0 saturated carbocycles. The number of rotatable bonds is 14. The van der Waals surface area contributed by atoms with Crippen LogP contribution < -0.4 is 5.32 Å². The van der Waals surface area contributed by atoms with Crippen molar-refractivity contribution >= 4 is 0 Å². The molecule has 21 heavy (non-hydrogen) atoms. The van der Waals surface area contributed by atoms with E-state index in [-0.39, 0.29) is 0 Å². The molecule has 0 aromatic carbocycles. The summed E-state index contributed by atoms with van der Waals surface area (Å²) in [5.41, 5.74) is 0. The second-order valence-electron chi connectivity index (χ2n) is 4.31. The summed E-state index contributed by atoms with van der Waals surface area (Å²) in [5.74, 6) is 0.772. The Balaban J connectivity index is 1.98. The van der Waals surface area contributed by atoms with Crippen molar-refractivity contribution in [3.8, 4) is 0 Å². The molecule has 1 rings (SSSR count). The molecule has 0 unspecified atom stereocenters. The van der Waals surface area contributed by atoms with Crippen LogP contribution in [0.4, 0.5) is 0 Å². The van der Waals surface area contributed by atoms with Crippen LogP contribution >= 0.6 is 0 Å². The van der Waals surface area contributed by atoms with Gasteiger partial charge < -0.3 is 24.3 Å². The van der Waals surface area contributed by atoms with Gasteiger partial charge in [-0.05, 0) is 0 Å². The second kappa shape index (κ2) is 12.7. The van der Waals surface area contributed by atoms with E-state index in [2.05, 4.69) is 15.4 Å². The lowest BCUT2D eigenvalue weighted by Crippen LogP contribution is -2.19. The van der Waals surface area contributed by atoms with Gasteiger partial charge in [-0.3, -0.25) is 4.68 Å². The van der Waals surface area contributed by atoms with Crippen LogP contribution in [0.15, 0.2) is 6.33 Å². The zero-order valence-electron chi connectivity index (χ0n) is 12.9. The van der Waals surface area contributed by atoms with Crippen LogP contribution in [-0.2, 0) is 32.0 Å². The van der Waals surface area contributed by atoms with Crippen molar-refractivity contribution in [3.63, 3.8) is 0 Å². The second-order valence-corrected chi connectivity index (χ2v) is 4.31. The maximum atomic E-state index is 5.45. The number of hydrogen-bond donors (Lipinski definition) is 1. The first kappa shape index (κ1) is 18.0. The third kappa shape index (κ3) is 9.48. The molecule has 0 radical (unpaired) electrons. The highest BCUT2D eigenvalue weighted by Crippen LogP contribution is 1.90. The molecule has 1 aromatic rings. The first-order valence-corrected chi connectivity index (χ1v) is 7.09. The molecule has 0 aliphatic carbocycles. The number of methoxy groups -OCH3 is 2. The fourth-order valence-corrected chi connectivity index (χ4v) is 1.52. The Morgan fingerprint density at radius 3 is 2.48 bits per heavy atom. The Morgan fingerprint density at radius 1 is 1.00 bits per heavy atom. The van der Waals surface area contributed by atoms with Gasteiger partial charge in [-0.1, -0.05) is 0 Å². The van der Waals surface area contributed by atoms with E-state index in [1.165, 1.54) is 0 Å². The molecule has 8 heteroatoms. The zero-order valence-corrected chi connectivity index (χ0v) is 12.9. The zero-order chi connectivity index (χ0) is 15.2. The van der Waals surface area contributed by atoms with Crippen LogP contribution in [0, 0.1) is 0 Å². The Kier molecular flexibility index (Phi) is 10.8. The highest BCUT2D eigenvalue weighted by atomic mass is 16.5. The van der Waals surface area contributed by atoms with E-state index < -0.39 is 0 Å². The van der Waals surface area contributed by atoms with Crippen molar-refractivity contribution in [3.05, 3.63) is 12.2 Å². The molecule has 0 atom stereocenters. The molecule has 0 amide bonds. The Morgan fingerprint density at radius 2 is 1.71 bits per heavy atom. The number of ether oxygens (including phenoxy) is 4. The van der Waals surface area contributed by atoms with Crippen molar-refractivity contribution in [2.45, 2.75) is 13.1 Å². The predicted octanol–water partition coefficient (Wildman–Crippen LogP) is -0.306. The number of hydrogen-bond acceptors (Lipinski definition) is 7. The van der Waals surface area contributed by atoms with E-state index in [1.807, 2.05) is 0 Å². The topological polar surface area (TPSA) is 79.7 Å². The minimum atomic E-state index is 0.573. The maximum absolute atomic E-state index is 5.45. The molecule has 0 aliphatic heterocycles. The van der Waals surface area contributed by atoms with Gasteiger partial charge in [0.1, 0.15) is 6.33 Å². The van der Waals surface area contributed by atoms with Crippen molar-refractivity contribution in [2.24, 2.45) is 0 Å². The largest absolute Gasteiger partial charge is 0.383 e. The third-order valence-electron chi connectivity index (χ3n) is 2.62. The molecular formula is C13H26N4O4. The SMILES string of the molecule is COCCNCc1ncn(CCOCCOCCOC)n1. The molecular weight excluding hydrogens is 276 g/mol. The molecule has 1 N–H and O–H groups in total. The lowest BCUT2D eigenvalue weighted by atomic mass is 10.5. The normalized spacial score (nSPS) is 11.1. The Bertz CT molecular complexity index is 349. The minimum Gasteiger partial charge on any atom is -0.383 e. The van der Waals surface area contributed by atoms with E-state index in [0.717, 1.165) is 12.4 Å². The van der Waals surface area contributed by atoms with Gasteiger partial charge in [0.2, 0.25) is 0 Å². The van der Waals surface area contributed by atoms with E-state index >= 15 is 0 Å². The highest BCUT2D eigenvalue weighted by Gasteiger charge is 2.00. The minimum absolute atomic E-state index is 0.573. The Hall–Kier alpha value is -1.06. The summed E-state index contributed by atoms with van der Waals surface area (Å²) in [6.07, 6.45) is 1.71. The van der Waals surface area contributed by atoms with Gasteiger partial charge in [0.05, 0.1) is 52.7 Å². The third-order valence-corrected chi connectivity index (χ3v) is 2.62. The number of aromatic nitrogens is 3. The molecule has 8 nitrogen and oxygen atoms in total. The van der Waals surface area contributed by atoms with E-state index in [0.29, 0.717) is 52.7 Å². The lowest BCUT2D eigenvalue weighted by Gasteiger charge is -2.05. The van der Waals surface area contributed by atoms with Gasteiger partial charge in [0.25, 0.3) is 0 Å². The average molecular weight is 302 g/mol. The molecule has 0 aliphatic rings. The standard InChI is InChI=1S/C13H26N4O4/c1-18-5-3-14-11-13-15-12-17(16-13)4-6-20-9-10-21-8-7-19-2/h12,14H,3-11H2,1-2H3. The summed E-state index contributed by atoms with van der Waals surface area (Å²) in [6, 6.07) is 0. The molecule has 0 bridgehead atoms. The van der Waals surface area contributed by atoms with Gasteiger partial charge in [-0.15, -0.1) is 0 Å². The smallest absolute Gasteiger partial charge is 0.164 e. The summed E-state index contributed by atoms with van der Waals surface area (Å²) in [4.78, 5) is 4.22. The molecule has 122 valence electrons. The van der Waals surface area contributed by atoms with Crippen molar-refractivity contribution in [1.82, 2.24) is 20.1 Å². The van der Waals surface area contributed by atoms with Crippen molar-refractivity contribution in [2.75, 3.05) is 60.4 Å². The molecule has 1 aromatic heterocycles. The van der Waals surface area contributed by atoms with Crippen molar-refractivity contribution < 1.29 is 18.9 Å². The summed E-state index contributed by atoms with van der Waals surface area (Å²) in [5, 5.41) is 7.54. The Labute approximate surface area is 125 Å². The average Bonchev–Trinajstić information content (AvgIpc) is 2.94. The highest BCUT2D eigenvalue weighted by molar-refractivity contribution is 4.80. The monoisotopic (exact) mass is 302 g/mol. The van der Waals surface area contributed by atoms with Crippen LogP contribution in [-0.4, -0.2) is 75.2 Å². The fourth-order valence-electron chi connectivity index (χ4n) is 1.52. The summed E-state index contributed by atoms with van der Waals surface area (Å²) < 4.78 is 22.3. The van der Waals surface area contributed by atoms with Crippen LogP contribution in [0.5, 0.6) is 0 Å². The van der Waals surface area contributed by atoms with Crippen LogP contribution in [0.25, 0.3) is 0 Å². The molecule has 1 heterocycles. The fraction of sp³-hybridized carbons (Fsp3) is 0.846. The van der Waals surface area contributed by atoms with Crippen LogP contribution in [0.2, 0.25) is 0 Å². The van der Waals surface area contributed by atoms with E-state index in [4.69, 9.17) is 18.9 Å². The van der Waals surface area contributed by atoms with Crippen molar-refractivity contribution in [1.29, 1.82) is 0 Å². The van der Waals surface area contributed by atoms with E-state index in [9.17, 15) is 0 Å². The van der Waals surface area contributed by atoms with Gasteiger partial charge in [0.15, 0.2) is 5.82 Å². The van der Waals surface area contributed by atoms with Gasteiger partial charge >= 0.3 is 0 Å². The summed E-state index contributed by atoms with van der Waals surface area (Å²) in [7, 11) is 3.33. The molecule has 0 saturated heterocycles. The summed E-state index contributed by atoms with van der Waals surface area (Å²) >= 11 is 0. The lowest BCUT2D eigenvalue weighted by molar-refractivity contribution is 0.0225. The number of nitrogens with zero attached hydrogens (tertiary/aromatic N) is 3. The van der Waals surface area contributed by atoms with Gasteiger partial charge in [-0.25, -0.2) is 4.98 Å². The molecule has 0 fully saturated rings. The predicted molar refractivity (Wildman–Crippen MR) is 77.1 cm³/mol. The quantitative estimate of drug-likeness (QED) is 0.472. The number of nitrogens with one attached hydrogen (secondary N) is 1. The first-order valence-electron chi connectivity index (χ1n) is 7.09. The van der Waals surface area contributed by atoms with E-state index in [1.54, 1.807) is 25.2 Å². The van der Waals surface area contributed by atoms with Gasteiger partial charge in [-0.2, -0.15) is 5.10 Å². The summed E-state index contributed by atoms with van der Waals surface area (Å²) in [6.45, 7) is 5.75. The van der Waals surface area contributed by atoms with Gasteiger partial charge in [0, 0.05) is 20.8 Å².